The van der Waals surface area contributed by atoms with Crippen molar-refractivity contribution in [2.24, 2.45) is 0 Å². The van der Waals surface area contributed by atoms with E-state index in [0.717, 1.165) is 4.31 Å². The maximum absolute atomic E-state index is 12.9. The summed E-state index contributed by atoms with van der Waals surface area (Å²) in [4.78, 5) is 23.2. The lowest BCUT2D eigenvalue weighted by atomic mass is 10.1. The van der Waals surface area contributed by atoms with Gasteiger partial charge in [0.05, 0.1) is 0 Å². The van der Waals surface area contributed by atoms with E-state index in [-0.39, 0.29) is 31.6 Å². The number of anilines is 1. The number of hydrogen-bond donors (Lipinski definition) is 3. The molecule has 2 rings (SSSR count). The zero-order valence-electron chi connectivity index (χ0n) is 14.2. The van der Waals surface area contributed by atoms with Gasteiger partial charge in [-0.05, 0) is 25.0 Å². The van der Waals surface area contributed by atoms with Crippen LogP contribution >= 0.6 is 0 Å². The van der Waals surface area contributed by atoms with E-state index in [1.807, 2.05) is 0 Å². The summed E-state index contributed by atoms with van der Waals surface area (Å²) in [5, 5.41) is 7.79. The van der Waals surface area contributed by atoms with Crippen LogP contribution in [0.5, 0.6) is 5.75 Å². The summed E-state index contributed by atoms with van der Waals surface area (Å²) in [6, 6.07) is 5.83. The molecule has 0 unspecified atom stereocenters. The second-order valence-corrected chi connectivity index (χ2v) is 7.04. The maximum atomic E-state index is 12.9. The lowest BCUT2D eigenvalue weighted by Gasteiger charge is -2.29. The van der Waals surface area contributed by atoms with Crippen LogP contribution in [-0.4, -0.2) is 57.4 Å². The Morgan fingerprint density at radius 3 is 2.62 bits per heavy atom. The lowest BCUT2D eigenvalue weighted by molar-refractivity contribution is -0.122. The lowest BCUT2D eigenvalue weighted by Crippen LogP contribution is -2.46. The second-order valence-electron chi connectivity index (χ2n) is 5.70. The van der Waals surface area contributed by atoms with Gasteiger partial charge in [-0.3, -0.25) is 4.79 Å². The Bertz CT molecular complexity index is 750. The van der Waals surface area contributed by atoms with Gasteiger partial charge in [-0.2, -0.15) is 12.7 Å². The summed E-state index contributed by atoms with van der Waals surface area (Å²) in [5.41, 5.74) is 0.473. The minimum absolute atomic E-state index is 0.0204. The van der Waals surface area contributed by atoms with E-state index in [9.17, 15) is 21.9 Å². The highest BCUT2D eigenvalue weighted by atomic mass is 32.3. The Morgan fingerprint density at radius 1 is 1.31 bits per heavy atom. The van der Waals surface area contributed by atoms with Crippen molar-refractivity contribution in [3.05, 3.63) is 24.3 Å². The van der Waals surface area contributed by atoms with Crippen molar-refractivity contribution < 1.29 is 26.6 Å². The molecule has 1 aliphatic rings. The summed E-state index contributed by atoms with van der Waals surface area (Å²) in [7, 11) is -3.18. The smallest absolute Gasteiger partial charge is 0.374 e. The molecule has 11 heteroatoms. The number of benzene rings is 1. The number of carbonyl (C=O) groups is 2. The SMILES string of the molecule is CNC(=O)COc1cccc(NC(=O)NC2CCN(S(=O)(=O)F)CC2)c1. The summed E-state index contributed by atoms with van der Waals surface area (Å²) in [6.45, 7) is -0.0958. The van der Waals surface area contributed by atoms with Gasteiger partial charge in [0.2, 0.25) is 0 Å². The molecule has 1 aromatic rings. The van der Waals surface area contributed by atoms with E-state index in [1.54, 1.807) is 24.3 Å². The van der Waals surface area contributed by atoms with Crippen molar-refractivity contribution in [2.75, 3.05) is 32.1 Å². The van der Waals surface area contributed by atoms with Crippen LogP contribution in [-0.2, 0) is 15.2 Å². The number of hydrogen-bond acceptors (Lipinski definition) is 5. The quantitative estimate of drug-likeness (QED) is 0.618. The van der Waals surface area contributed by atoms with Crippen LogP contribution in [0.3, 0.4) is 0 Å². The van der Waals surface area contributed by atoms with Gasteiger partial charge in [0.25, 0.3) is 5.91 Å². The zero-order valence-corrected chi connectivity index (χ0v) is 15.0. The number of rotatable bonds is 6. The first-order valence-corrected chi connectivity index (χ1v) is 9.32. The number of carbonyl (C=O) groups excluding carboxylic acids is 2. The minimum atomic E-state index is -4.68. The molecule has 0 radical (unpaired) electrons. The van der Waals surface area contributed by atoms with Crippen LogP contribution < -0.4 is 20.7 Å². The van der Waals surface area contributed by atoms with E-state index in [4.69, 9.17) is 4.74 Å². The first kappa shape index (κ1) is 19.9. The molecule has 0 spiro atoms. The van der Waals surface area contributed by atoms with Crippen molar-refractivity contribution in [1.29, 1.82) is 0 Å². The van der Waals surface area contributed by atoms with E-state index in [2.05, 4.69) is 16.0 Å². The van der Waals surface area contributed by atoms with E-state index < -0.39 is 16.4 Å². The van der Waals surface area contributed by atoms with Crippen molar-refractivity contribution in [1.82, 2.24) is 14.9 Å². The summed E-state index contributed by atoms with van der Waals surface area (Å²) >= 11 is 0. The molecule has 1 aromatic carbocycles. The third kappa shape index (κ3) is 6.15. The molecule has 0 aromatic heterocycles. The van der Waals surface area contributed by atoms with E-state index in [1.165, 1.54) is 7.05 Å². The first-order valence-electron chi connectivity index (χ1n) is 7.98. The number of piperidine rings is 1. The van der Waals surface area contributed by atoms with Crippen LogP contribution in [0.1, 0.15) is 12.8 Å². The number of urea groups is 1. The predicted octanol–water partition coefficient (Wildman–Crippen LogP) is 0.612. The Kier molecular flexibility index (Phi) is 6.75. The fourth-order valence-electron chi connectivity index (χ4n) is 2.46. The molecule has 26 heavy (non-hydrogen) atoms. The maximum Gasteiger partial charge on any atom is 0.374 e. The highest BCUT2D eigenvalue weighted by Crippen LogP contribution is 2.18. The average molecular weight is 388 g/mol. The van der Waals surface area contributed by atoms with Crippen LogP contribution in [0, 0.1) is 0 Å². The molecule has 1 heterocycles. The number of halogens is 1. The molecule has 1 fully saturated rings. The standard InChI is InChI=1S/C15H21FN4O5S/c1-17-14(21)10-25-13-4-2-3-12(9-13)19-15(22)18-11-5-7-20(8-6-11)26(16,23)24/h2-4,9,11H,5-8,10H2,1H3,(H,17,21)(H2,18,19,22). The van der Waals surface area contributed by atoms with Crippen LogP contribution in [0.4, 0.5) is 14.4 Å². The van der Waals surface area contributed by atoms with Crippen LogP contribution in [0.15, 0.2) is 24.3 Å². The summed E-state index contributed by atoms with van der Waals surface area (Å²) in [5.74, 6) is 0.149. The number of nitrogens with one attached hydrogen (secondary N) is 3. The van der Waals surface area contributed by atoms with E-state index in [0.29, 0.717) is 24.3 Å². The molecule has 3 N–H and O–H groups in total. The van der Waals surface area contributed by atoms with Crippen molar-refractivity contribution in [2.45, 2.75) is 18.9 Å². The molecule has 1 saturated heterocycles. The Morgan fingerprint density at radius 2 is 2.00 bits per heavy atom. The van der Waals surface area contributed by atoms with Crippen LogP contribution in [0.2, 0.25) is 0 Å². The zero-order chi connectivity index (χ0) is 19.2. The fraction of sp³-hybridized carbons (Fsp3) is 0.467. The molecule has 9 nitrogen and oxygen atoms in total. The van der Waals surface area contributed by atoms with Crippen LogP contribution in [0.25, 0.3) is 0 Å². The molecule has 0 atom stereocenters. The molecular formula is C15H21FN4O5S. The Balaban J connectivity index is 1.82. The van der Waals surface area contributed by atoms with E-state index >= 15 is 0 Å². The number of likely N-dealkylation sites (N-methyl/N-ethyl adjacent to an activating group) is 1. The van der Waals surface area contributed by atoms with Gasteiger partial charge in [-0.25, -0.2) is 4.79 Å². The predicted molar refractivity (Wildman–Crippen MR) is 92.8 cm³/mol. The van der Waals surface area contributed by atoms with Gasteiger partial charge in [-0.1, -0.05) is 9.95 Å². The number of ether oxygens (including phenoxy) is 1. The monoisotopic (exact) mass is 388 g/mol. The normalized spacial score (nSPS) is 15.9. The number of nitrogens with zero attached hydrogens (tertiary/aromatic N) is 1. The molecule has 3 amide bonds. The van der Waals surface area contributed by atoms with Crippen molar-refractivity contribution in [3.8, 4) is 5.75 Å². The average Bonchev–Trinajstić information content (AvgIpc) is 2.59. The van der Waals surface area contributed by atoms with Gasteiger partial charge >= 0.3 is 16.4 Å². The topological polar surface area (TPSA) is 117 Å². The molecule has 0 saturated carbocycles. The van der Waals surface area contributed by atoms with Gasteiger partial charge in [0.15, 0.2) is 6.61 Å². The molecular weight excluding hydrogens is 367 g/mol. The summed E-state index contributed by atoms with van der Waals surface area (Å²) in [6.07, 6.45) is 0.650. The van der Waals surface area contributed by atoms with Gasteiger partial charge in [0.1, 0.15) is 5.75 Å². The Labute approximate surface area is 151 Å². The fourth-order valence-corrected chi connectivity index (χ4v) is 3.10. The summed E-state index contributed by atoms with van der Waals surface area (Å²) < 4.78 is 40.6. The Hall–Kier alpha value is -2.40. The molecule has 1 aliphatic heterocycles. The molecule has 144 valence electrons. The van der Waals surface area contributed by atoms with Gasteiger partial charge < -0.3 is 20.7 Å². The third-order valence-electron chi connectivity index (χ3n) is 3.84. The van der Waals surface area contributed by atoms with Crippen molar-refractivity contribution >= 4 is 28.0 Å². The highest BCUT2D eigenvalue weighted by Gasteiger charge is 2.28. The molecule has 0 bridgehead atoms. The van der Waals surface area contributed by atoms with Gasteiger partial charge in [-0.15, -0.1) is 0 Å². The molecule has 0 aliphatic carbocycles. The minimum Gasteiger partial charge on any atom is -0.484 e. The first-order chi connectivity index (χ1) is 12.3. The van der Waals surface area contributed by atoms with Gasteiger partial charge in [0, 0.05) is 37.9 Å². The highest BCUT2D eigenvalue weighted by molar-refractivity contribution is 7.83. The van der Waals surface area contributed by atoms with Crippen molar-refractivity contribution in [3.63, 3.8) is 0 Å². The second kappa shape index (κ2) is 8.81. The number of amides is 3. The third-order valence-corrected chi connectivity index (χ3v) is 4.82. The largest absolute Gasteiger partial charge is 0.484 e.